The minimum Gasteiger partial charge on any atom is -0.490 e. The Morgan fingerprint density at radius 2 is 1.57 bits per heavy atom. The van der Waals surface area contributed by atoms with Crippen molar-refractivity contribution in [2.45, 2.75) is 81.1 Å². The van der Waals surface area contributed by atoms with Crippen LogP contribution in [-0.4, -0.2) is 64.2 Å². The summed E-state index contributed by atoms with van der Waals surface area (Å²) >= 11 is 0. The minimum atomic E-state index is -4.72. The standard InChI is InChI=1S/C27H27F3N4O6.C7H8O3S/c1-26(15-32-14-24(34(35)36)31-25(32)40-26)16-37-20-6-4-17(5-7-20)33-18-2-3-19(33)13-23(12-18)38-21-8-10-22(11-9-21)39-27(28,29)30;1-6-2-4-7(5-3-6)11(8,9)10/h4-11,14,18-19,23H,2-3,12-13,15-16H2,1H3;2-5H,1H3,(H,8,9,10). The van der Waals surface area contributed by atoms with E-state index in [1.807, 2.05) is 38.1 Å². The first-order chi connectivity index (χ1) is 24.0. The summed E-state index contributed by atoms with van der Waals surface area (Å²) in [7, 11) is -4.02. The summed E-state index contributed by atoms with van der Waals surface area (Å²) in [5.74, 6) is 0.695. The van der Waals surface area contributed by atoms with Gasteiger partial charge in [-0.25, -0.2) is 0 Å². The predicted octanol–water partition coefficient (Wildman–Crippen LogP) is 6.74. The Kier molecular flexibility index (Phi) is 9.78. The summed E-state index contributed by atoms with van der Waals surface area (Å²) in [6.07, 6.45) is 0.346. The van der Waals surface area contributed by atoms with Gasteiger partial charge in [0, 0.05) is 35.6 Å². The van der Waals surface area contributed by atoms with Gasteiger partial charge in [0.05, 0.1) is 11.4 Å². The summed E-state index contributed by atoms with van der Waals surface area (Å²) in [4.78, 5) is 16.6. The Bertz CT molecular complexity index is 1920. The fraction of sp³-hybridized carbons (Fsp3) is 0.382. The van der Waals surface area contributed by atoms with E-state index in [0.29, 0.717) is 30.1 Å². The van der Waals surface area contributed by atoms with Crippen molar-refractivity contribution in [3.05, 3.63) is 94.7 Å². The van der Waals surface area contributed by atoms with Crippen LogP contribution in [0.2, 0.25) is 0 Å². The number of aryl methyl sites for hydroxylation is 1. The highest BCUT2D eigenvalue weighted by atomic mass is 32.2. The molecule has 3 unspecified atom stereocenters. The van der Waals surface area contributed by atoms with Crippen molar-refractivity contribution in [2.75, 3.05) is 11.5 Å². The largest absolute Gasteiger partial charge is 0.573 e. The molecule has 1 N–H and O–H groups in total. The van der Waals surface area contributed by atoms with Crippen LogP contribution in [-0.2, 0) is 16.7 Å². The highest BCUT2D eigenvalue weighted by molar-refractivity contribution is 7.85. The second-order valence-corrected chi connectivity index (χ2v) is 14.3. The number of aromatic nitrogens is 2. The van der Waals surface area contributed by atoms with Gasteiger partial charge in [-0.05, 0) is 92.3 Å². The smallest absolute Gasteiger partial charge is 0.490 e. The molecule has 2 bridgehead atoms. The molecule has 0 radical (unpaired) electrons. The third-order valence-electron chi connectivity index (χ3n) is 8.80. The number of rotatable bonds is 9. The summed E-state index contributed by atoms with van der Waals surface area (Å²) in [6.45, 7) is 4.36. The number of ether oxygens (including phenoxy) is 4. The molecule has 0 saturated carbocycles. The van der Waals surface area contributed by atoms with Gasteiger partial charge in [0.15, 0.2) is 5.60 Å². The molecule has 0 spiro atoms. The van der Waals surface area contributed by atoms with Crippen LogP contribution in [0.4, 0.5) is 24.7 Å². The maximum absolute atomic E-state index is 12.4. The van der Waals surface area contributed by atoms with Gasteiger partial charge in [-0.1, -0.05) is 17.7 Å². The number of piperidine rings is 1. The zero-order chi connectivity index (χ0) is 36.6. The van der Waals surface area contributed by atoms with E-state index in [4.69, 9.17) is 18.8 Å². The first kappa shape index (κ1) is 35.8. The molecule has 7 rings (SSSR count). The Morgan fingerprint density at radius 3 is 2.12 bits per heavy atom. The SMILES string of the molecule is CC1(COc2ccc(N3C4CCC3CC(Oc3ccc(OC(F)(F)F)cc3)C4)cc2)Cn2cc([N+](=O)[O-])nc2O1.Cc1ccc(S(=O)(=O)O)cc1. The first-order valence-electron chi connectivity index (χ1n) is 16.0. The molecule has 1 aromatic heterocycles. The van der Waals surface area contributed by atoms with Gasteiger partial charge in [0.1, 0.15) is 36.2 Å². The second kappa shape index (κ2) is 13.9. The molecule has 272 valence electrons. The highest BCUT2D eigenvalue weighted by Gasteiger charge is 2.43. The van der Waals surface area contributed by atoms with Gasteiger partial charge < -0.3 is 34.0 Å². The third kappa shape index (κ3) is 8.83. The number of hydrogen-bond acceptors (Lipinski definition) is 10. The molecule has 0 aliphatic carbocycles. The van der Waals surface area contributed by atoms with Crippen LogP contribution in [0.3, 0.4) is 0 Å². The van der Waals surface area contributed by atoms with Gasteiger partial charge in [0.2, 0.25) is 0 Å². The van der Waals surface area contributed by atoms with E-state index in [1.165, 1.54) is 42.6 Å². The molecule has 3 aliphatic heterocycles. The van der Waals surface area contributed by atoms with Crippen molar-refractivity contribution >= 4 is 21.6 Å². The molecule has 3 atom stereocenters. The average Bonchev–Trinajstić information content (AvgIpc) is 3.68. The predicted molar refractivity (Wildman–Crippen MR) is 177 cm³/mol. The highest BCUT2D eigenvalue weighted by Crippen LogP contribution is 2.41. The van der Waals surface area contributed by atoms with Gasteiger partial charge >= 0.3 is 18.2 Å². The van der Waals surface area contributed by atoms with E-state index < -0.39 is 27.0 Å². The van der Waals surface area contributed by atoms with Crippen LogP contribution in [0, 0.1) is 17.0 Å². The number of imidazole rings is 1. The topological polar surface area (TPSA) is 155 Å². The van der Waals surface area contributed by atoms with Crippen LogP contribution in [0.1, 0.15) is 38.2 Å². The van der Waals surface area contributed by atoms with Gasteiger partial charge in [-0.15, -0.1) is 13.2 Å². The Hall–Kier alpha value is -5.03. The zero-order valence-electron chi connectivity index (χ0n) is 27.5. The number of fused-ring (bicyclic) bond motifs is 3. The van der Waals surface area contributed by atoms with Crippen molar-refractivity contribution in [1.82, 2.24) is 9.55 Å². The Morgan fingerprint density at radius 1 is 0.980 bits per heavy atom. The normalized spacial score (nSPS) is 22.3. The van der Waals surface area contributed by atoms with Gasteiger partial charge in [-0.2, -0.15) is 8.42 Å². The van der Waals surface area contributed by atoms with E-state index in [1.54, 1.807) is 16.7 Å². The lowest BCUT2D eigenvalue weighted by Gasteiger charge is -2.40. The maximum Gasteiger partial charge on any atom is 0.573 e. The zero-order valence-corrected chi connectivity index (χ0v) is 28.3. The molecule has 3 aromatic carbocycles. The van der Waals surface area contributed by atoms with Gasteiger partial charge in [0.25, 0.3) is 10.1 Å². The van der Waals surface area contributed by atoms with Crippen molar-refractivity contribution in [3.8, 4) is 23.3 Å². The van der Waals surface area contributed by atoms with E-state index >= 15 is 0 Å². The fourth-order valence-electron chi connectivity index (χ4n) is 6.57. The maximum atomic E-state index is 12.4. The molecule has 4 aromatic rings. The molecule has 51 heavy (non-hydrogen) atoms. The van der Waals surface area contributed by atoms with Crippen LogP contribution in [0.15, 0.2) is 83.9 Å². The summed E-state index contributed by atoms with van der Waals surface area (Å²) < 4.78 is 90.2. The molecule has 13 nitrogen and oxygen atoms in total. The molecular formula is C34H35F3N4O9S. The van der Waals surface area contributed by atoms with Crippen LogP contribution < -0.4 is 23.8 Å². The van der Waals surface area contributed by atoms with E-state index in [0.717, 1.165) is 36.9 Å². The third-order valence-corrected chi connectivity index (χ3v) is 9.67. The van der Waals surface area contributed by atoms with Crippen molar-refractivity contribution in [2.24, 2.45) is 0 Å². The summed E-state index contributed by atoms with van der Waals surface area (Å²) in [5, 5.41) is 10.9. The number of anilines is 1. The van der Waals surface area contributed by atoms with Gasteiger partial charge in [-0.3, -0.25) is 9.12 Å². The van der Waals surface area contributed by atoms with Crippen molar-refractivity contribution < 1.29 is 50.0 Å². The van der Waals surface area contributed by atoms with Crippen molar-refractivity contribution in [3.63, 3.8) is 0 Å². The van der Waals surface area contributed by atoms with Crippen molar-refractivity contribution in [1.29, 1.82) is 0 Å². The number of nitro groups is 1. The quantitative estimate of drug-likeness (QED) is 0.111. The molecule has 2 fully saturated rings. The molecule has 3 aliphatic rings. The average molecular weight is 733 g/mol. The summed E-state index contributed by atoms with van der Waals surface area (Å²) in [5.41, 5.74) is 1.36. The summed E-state index contributed by atoms with van der Waals surface area (Å²) in [6, 6.07) is 20.2. The Balaban J connectivity index is 0.000000349. The Labute approximate surface area is 291 Å². The second-order valence-electron chi connectivity index (χ2n) is 12.9. The number of hydrogen-bond donors (Lipinski definition) is 1. The van der Waals surface area contributed by atoms with E-state index in [9.17, 15) is 31.7 Å². The molecular weight excluding hydrogens is 697 g/mol. The number of nitrogens with zero attached hydrogens (tertiary/aromatic N) is 4. The first-order valence-corrected chi connectivity index (χ1v) is 17.5. The van der Waals surface area contributed by atoms with E-state index in [-0.39, 0.29) is 35.2 Å². The minimum absolute atomic E-state index is 0.0194. The number of benzene rings is 3. The van der Waals surface area contributed by atoms with Crippen LogP contribution >= 0.6 is 0 Å². The lowest BCUT2D eigenvalue weighted by Crippen LogP contribution is -2.46. The molecule has 17 heteroatoms. The lowest BCUT2D eigenvalue weighted by molar-refractivity contribution is -0.389. The fourth-order valence-corrected chi connectivity index (χ4v) is 7.05. The number of alkyl halides is 3. The molecule has 4 heterocycles. The lowest BCUT2D eigenvalue weighted by atomic mass is 9.98. The molecule has 0 amide bonds. The van der Waals surface area contributed by atoms with Crippen LogP contribution in [0.25, 0.3) is 0 Å². The number of halogens is 3. The monoisotopic (exact) mass is 732 g/mol. The van der Waals surface area contributed by atoms with E-state index in [2.05, 4.69) is 14.6 Å². The molecule has 2 saturated heterocycles. The van der Waals surface area contributed by atoms with Crippen LogP contribution in [0.5, 0.6) is 23.3 Å².